The zero-order valence-electron chi connectivity index (χ0n) is 22.3. The minimum absolute atomic E-state index is 0.0703. The molecule has 2 aliphatic rings. The zero-order valence-corrected chi connectivity index (χ0v) is 22.3. The van der Waals surface area contributed by atoms with Gasteiger partial charge in [-0.25, -0.2) is 14.4 Å². The first-order chi connectivity index (χ1) is 19.5. The highest BCUT2D eigenvalue weighted by molar-refractivity contribution is 6.04. The number of anilines is 1. The molecule has 2 unspecified atom stereocenters. The average molecular weight is 536 g/mol. The highest BCUT2D eigenvalue weighted by Crippen LogP contribution is 2.37. The molecule has 0 saturated carbocycles. The van der Waals surface area contributed by atoms with Crippen molar-refractivity contribution in [3.05, 3.63) is 101 Å². The molecule has 1 amide bonds. The quantitative estimate of drug-likeness (QED) is 0.383. The number of benzene rings is 3. The maximum absolute atomic E-state index is 15.7. The fourth-order valence-corrected chi connectivity index (χ4v) is 5.57. The van der Waals surface area contributed by atoms with Crippen LogP contribution in [0.25, 0.3) is 10.9 Å². The summed E-state index contributed by atoms with van der Waals surface area (Å²) in [5.41, 5.74) is 5.96. The average Bonchev–Trinajstić information content (AvgIpc) is 2.97. The van der Waals surface area contributed by atoms with E-state index in [1.807, 2.05) is 43.3 Å². The molecule has 2 atom stereocenters. The second-order valence-electron chi connectivity index (χ2n) is 10.4. The highest BCUT2D eigenvalue weighted by atomic mass is 19.1. The van der Waals surface area contributed by atoms with Crippen molar-refractivity contribution in [3.8, 4) is 11.8 Å². The minimum atomic E-state index is -1.16. The van der Waals surface area contributed by atoms with Crippen LogP contribution >= 0.6 is 0 Å². The van der Waals surface area contributed by atoms with Crippen molar-refractivity contribution in [1.29, 1.82) is 0 Å². The van der Waals surface area contributed by atoms with E-state index in [-0.39, 0.29) is 18.6 Å². The number of halogens is 1. The Hall–Kier alpha value is -4.16. The normalized spacial score (nSPS) is 18.9. The Balaban J connectivity index is 1.21. The number of fused-ring (bicyclic) bond motifs is 3. The third-order valence-corrected chi connectivity index (χ3v) is 7.83. The number of piperazine rings is 1. The van der Waals surface area contributed by atoms with Crippen molar-refractivity contribution >= 4 is 22.5 Å². The Labute approximate surface area is 232 Å². The van der Waals surface area contributed by atoms with Gasteiger partial charge in [0.15, 0.2) is 0 Å². The van der Waals surface area contributed by atoms with Gasteiger partial charge < -0.3 is 10.4 Å². The van der Waals surface area contributed by atoms with Crippen LogP contribution < -0.4 is 5.32 Å². The van der Waals surface area contributed by atoms with Crippen LogP contribution in [0, 0.1) is 18.8 Å². The summed E-state index contributed by atoms with van der Waals surface area (Å²) < 4.78 is 15.7. The number of β-amino-alcohol motifs (C(OH)–C–C–N with tert-alkyl or cyclic N) is 1. The highest BCUT2D eigenvalue weighted by Gasteiger charge is 2.38. The van der Waals surface area contributed by atoms with E-state index in [0.717, 1.165) is 46.2 Å². The molecule has 202 valence electrons. The second kappa shape index (κ2) is 11.1. The summed E-state index contributed by atoms with van der Waals surface area (Å²) in [6.07, 6.45) is 2.10. The molecular weight excluding hydrogens is 505 g/mol. The van der Waals surface area contributed by atoms with Gasteiger partial charge in [-0.05, 0) is 60.0 Å². The Morgan fingerprint density at radius 2 is 2.00 bits per heavy atom. The lowest BCUT2D eigenvalue weighted by Crippen LogP contribution is -2.56. The van der Waals surface area contributed by atoms with Gasteiger partial charge in [0.1, 0.15) is 12.5 Å². The standard InChI is InChI=1S/C32H30FN5O2/c1-21-5-6-24(15-23(21)8-7-22-3-2-4-29-28(22)17-34-20-35-29)32(40)36-26-10-9-25-18-38-12-11-37(13-14-39)19-30(38)31(33)27(25)16-26/h2-6,9-10,15-17,20,30-31,39H,11-14,18-19H2,1H3,(H,36,40). The lowest BCUT2D eigenvalue weighted by atomic mass is 9.90. The van der Waals surface area contributed by atoms with Gasteiger partial charge in [-0.3, -0.25) is 14.6 Å². The molecule has 1 aromatic heterocycles. The van der Waals surface area contributed by atoms with Gasteiger partial charge in [0.2, 0.25) is 0 Å². The number of carbonyl (C=O) groups excluding carboxylic acids is 1. The summed E-state index contributed by atoms with van der Waals surface area (Å²) in [6, 6.07) is 16.4. The molecule has 6 rings (SSSR count). The fraction of sp³-hybridized carbons (Fsp3) is 0.281. The third-order valence-electron chi connectivity index (χ3n) is 7.83. The fourth-order valence-electron chi connectivity index (χ4n) is 5.57. The van der Waals surface area contributed by atoms with Crippen molar-refractivity contribution in [2.24, 2.45) is 0 Å². The first-order valence-electron chi connectivity index (χ1n) is 13.5. The van der Waals surface area contributed by atoms with E-state index in [4.69, 9.17) is 0 Å². The summed E-state index contributed by atoms with van der Waals surface area (Å²) in [4.78, 5) is 25.9. The summed E-state index contributed by atoms with van der Waals surface area (Å²) in [5, 5.41) is 13.1. The molecule has 7 nitrogen and oxygen atoms in total. The number of amides is 1. The number of nitrogens with zero attached hydrogens (tertiary/aromatic N) is 4. The predicted molar refractivity (Wildman–Crippen MR) is 153 cm³/mol. The second-order valence-corrected chi connectivity index (χ2v) is 10.4. The molecule has 3 heterocycles. The molecule has 0 bridgehead atoms. The number of aromatic nitrogens is 2. The van der Waals surface area contributed by atoms with E-state index in [9.17, 15) is 9.90 Å². The first-order valence-corrected chi connectivity index (χ1v) is 13.5. The Morgan fingerprint density at radius 3 is 2.88 bits per heavy atom. The number of nitrogens with one attached hydrogen (secondary N) is 1. The number of hydrogen-bond donors (Lipinski definition) is 2. The van der Waals surface area contributed by atoms with Gasteiger partial charge in [0.05, 0.1) is 18.2 Å². The van der Waals surface area contributed by atoms with Crippen molar-refractivity contribution in [3.63, 3.8) is 0 Å². The van der Waals surface area contributed by atoms with Crippen LogP contribution in [0.2, 0.25) is 0 Å². The van der Waals surface area contributed by atoms with E-state index in [1.54, 1.807) is 24.4 Å². The molecule has 2 N–H and O–H groups in total. The number of hydrogen-bond acceptors (Lipinski definition) is 6. The summed E-state index contributed by atoms with van der Waals surface area (Å²) in [7, 11) is 0. The predicted octanol–water partition coefficient (Wildman–Crippen LogP) is 4.09. The molecule has 8 heteroatoms. The van der Waals surface area contributed by atoms with Crippen molar-refractivity contribution in [2.75, 3.05) is 38.1 Å². The van der Waals surface area contributed by atoms with Crippen LogP contribution in [0.3, 0.4) is 0 Å². The molecular formula is C32H30FN5O2. The molecule has 0 radical (unpaired) electrons. The number of carbonyl (C=O) groups is 1. The Morgan fingerprint density at radius 1 is 1.12 bits per heavy atom. The number of rotatable bonds is 4. The maximum atomic E-state index is 15.7. The molecule has 2 aliphatic heterocycles. The summed E-state index contributed by atoms with van der Waals surface area (Å²) in [6.45, 7) is 5.45. The molecule has 0 spiro atoms. The molecule has 1 saturated heterocycles. The number of aryl methyl sites for hydroxylation is 1. The minimum Gasteiger partial charge on any atom is -0.395 e. The molecule has 3 aromatic carbocycles. The summed E-state index contributed by atoms with van der Waals surface area (Å²) in [5.74, 6) is 6.14. The zero-order chi connectivity index (χ0) is 27.6. The lowest BCUT2D eigenvalue weighted by Gasteiger charge is -2.46. The van der Waals surface area contributed by atoms with Crippen molar-refractivity contribution in [1.82, 2.24) is 19.8 Å². The molecule has 4 aromatic rings. The van der Waals surface area contributed by atoms with E-state index in [0.29, 0.717) is 36.4 Å². The van der Waals surface area contributed by atoms with E-state index in [1.165, 1.54) is 6.33 Å². The number of alkyl halides is 1. The monoisotopic (exact) mass is 535 g/mol. The number of aliphatic hydroxyl groups is 1. The van der Waals surface area contributed by atoms with Gasteiger partial charge in [-0.2, -0.15) is 0 Å². The maximum Gasteiger partial charge on any atom is 0.255 e. The van der Waals surface area contributed by atoms with Gasteiger partial charge in [-0.15, -0.1) is 0 Å². The number of aliphatic hydroxyl groups excluding tert-OH is 1. The van der Waals surface area contributed by atoms with E-state index >= 15 is 4.39 Å². The Kier molecular flexibility index (Phi) is 7.27. The smallest absolute Gasteiger partial charge is 0.255 e. The van der Waals surface area contributed by atoms with E-state index < -0.39 is 6.17 Å². The van der Waals surface area contributed by atoms with Gasteiger partial charge in [0.25, 0.3) is 5.91 Å². The van der Waals surface area contributed by atoms with Crippen LogP contribution in [0.1, 0.15) is 44.3 Å². The van der Waals surface area contributed by atoms with Crippen LogP contribution in [0.5, 0.6) is 0 Å². The topological polar surface area (TPSA) is 81.6 Å². The molecule has 40 heavy (non-hydrogen) atoms. The van der Waals surface area contributed by atoms with Gasteiger partial charge in [0, 0.05) is 66.7 Å². The first kappa shape index (κ1) is 26.1. The van der Waals surface area contributed by atoms with Gasteiger partial charge in [-0.1, -0.05) is 30.0 Å². The van der Waals surface area contributed by atoms with Crippen LogP contribution in [-0.2, 0) is 6.54 Å². The van der Waals surface area contributed by atoms with Crippen LogP contribution in [0.15, 0.2) is 67.1 Å². The molecule has 0 aliphatic carbocycles. The largest absolute Gasteiger partial charge is 0.395 e. The SMILES string of the molecule is Cc1ccc(C(=O)Nc2ccc3c(c2)C(F)C2CN(CCO)CCN2C3)cc1C#Cc1cccc2ncncc12. The van der Waals surface area contributed by atoms with Gasteiger partial charge >= 0.3 is 0 Å². The lowest BCUT2D eigenvalue weighted by molar-refractivity contribution is 0.00567. The van der Waals surface area contributed by atoms with Crippen molar-refractivity contribution < 1.29 is 14.3 Å². The van der Waals surface area contributed by atoms with E-state index in [2.05, 4.69) is 36.9 Å². The third kappa shape index (κ3) is 5.19. The summed E-state index contributed by atoms with van der Waals surface area (Å²) >= 11 is 0. The van der Waals surface area contributed by atoms with Crippen LogP contribution in [-0.4, -0.2) is 69.6 Å². The molecule has 1 fully saturated rings. The van der Waals surface area contributed by atoms with Crippen molar-refractivity contribution in [2.45, 2.75) is 25.7 Å². The Bertz CT molecular complexity index is 1640. The van der Waals surface area contributed by atoms with Crippen LogP contribution in [0.4, 0.5) is 10.1 Å².